The predicted molar refractivity (Wildman–Crippen MR) is 97.4 cm³/mol. The van der Waals surface area contributed by atoms with E-state index in [0.29, 0.717) is 10.8 Å². The Labute approximate surface area is 146 Å². The predicted octanol–water partition coefficient (Wildman–Crippen LogP) is 4.51. The molecule has 0 saturated heterocycles. The maximum atomic E-state index is 12.3. The maximum absolute atomic E-state index is 12.3. The van der Waals surface area contributed by atoms with Crippen LogP contribution in [-0.2, 0) is 0 Å². The first kappa shape index (κ1) is 14.8. The Balaban J connectivity index is 1.50. The number of anilines is 1. The van der Waals surface area contributed by atoms with Crippen LogP contribution in [0.25, 0.3) is 21.8 Å². The second kappa shape index (κ2) is 6.38. The van der Waals surface area contributed by atoms with Gasteiger partial charge in [0, 0.05) is 10.9 Å². The van der Waals surface area contributed by atoms with E-state index in [9.17, 15) is 4.79 Å². The summed E-state index contributed by atoms with van der Waals surface area (Å²) in [4.78, 5) is 17.8. The van der Waals surface area contributed by atoms with Crippen molar-refractivity contribution in [2.75, 3.05) is 5.32 Å². The van der Waals surface area contributed by atoms with E-state index < -0.39 is 0 Å². The summed E-state index contributed by atoms with van der Waals surface area (Å²) in [5.74, 6) is -0.275. The highest BCUT2D eigenvalue weighted by Crippen LogP contribution is 2.26. The number of carbonyl (C=O) groups excluding carboxylic acids is 1. The van der Waals surface area contributed by atoms with Crippen LogP contribution in [0.4, 0.5) is 5.13 Å². The highest BCUT2D eigenvalue weighted by atomic mass is 32.1. The lowest BCUT2D eigenvalue weighted by Gasteiger charge is -1.97. The lowest BCUT2D eigenvalue weighted by Crippen LogP contribution is -2.12. The number of aromatic amines is 1. The normalized spacial score (nSPS) is 10.7. The molecular formula is C17H12N4OS2. The number of nitrogens with zero attached hydrogens (tertiary/aromatic N) is 2. The molecule has 2 N–H and O–H groups in total. The van der Waals surface area contributed by atoms with Crippen LogP contribution in [0, 0.1) is 0 Å². The van der Waals surface area contributed by atoms with E-state index in [2.05, 4.69) is 20.5 Å². The fourth-order valence-corrected chi connectivity index (χ4v) is 3.64. The first-order chi connectivity index (χ1) is 11.8. The summed E-state index contributed by atoms with van der Waals surface area (Å²) in [6.45, 7) is 0. The summed E-state index contributed by atoms with van der Waals surface area (Å²) in [5.41, 5.74) is 3.04. The third-order valence-corrected chi connectivity index (χ3v) is 5.05. The number of thiazole rings is 1. The van der Waals surface area contributed by atoms with Gasteiger partial charge in [0.2, 0.25) is 0 Å². The van der Waals surface area contributed by atoms with Crippen LogP contribution in [0.5, 0.6) is 0 Å². The van der Waals surface area contributed by atoms with E-state index in [1.54, 1.807) is 17.4 Å². The van der Waals surface area contributed by atoms with E-state index in [4.69, 9.17) is 0 Å². The van der Waals surface area contributed by atoms with Crippen LogP contribution in [-0.4, -0.2) is 21.1 Å². The Morgan fingerprint density at radius 2 is 1.96 bits per heavy atom. The van der Waals surface area contributed by atoms with E-state index in [1.807, 2.05) is 53.2 Å². The van der Waals surface area contributed by atoms with Gasteiger partial charge in [-0.1, -0.05) is 36.4 Å². The molecule has 1 amide bonds. The minimum Gasteiger partial charge on any atom is -0.296 e. The highest BCUT2D eigenvalue weighted by Gasteiger charge is 2.14. The zero-order valence-corrected chi connectivity index (χ0v) is 14.0. The Kier molecular flexibility index (Phi) is 3.94. The summed E-state index contributed by atoms with van der Waals surface area (Å²) in [7, 11) is 0. The molecule has 0 aliphatic heterocycles. The molecule has 0 saturated carbocycles. The van der Waals surface area contributed by atoms with Crippen LogP contribution in [0.3, 0.4) is 0 Å². The molecule has 0 aliphatic rings. The monoisotopic (exact) mass is 352 g/mol. The molecule has 3 heterocycles. The number of thiophene rings is 1. The third-order valence-electron chi connectivity index (χ3n) is 3.39. The molecule has 0 atom stereocenters. The standard InChI is InChI=1S/C17H12N4OS2/c22-16(13-9-12(20-21-13)15-7-4-8-23-15)19-17-18-14(10-24-17)11-5-2-1-3-6-11/h1-10H,(H,20,21)(H,18,19,22). The average Bonchev–Trinajstić information content (AvgIpc) is 3.36. The number of hydrogen-bond acceptors (Lipinski definition) is 5. The van der Waals surface area contributed by atoms with Crippen molar-refractivity contribution < 1.29 is 4.79 Å². The van der Waals surface area contributed by atoms with Gasteiger partial charge >= 0.3 is 0 Å². The largest absolute Gasteiger partial charge is 0.296 e. The zero-order valence-electron chi connectivity index (χ0n) is 12.4. The quantitative estimate of drug-likeness (QED) is 0.567. The number of H-pyrrole nitrogens is 1. The van der Waals surface area contributed by atoms with Gasteiger partial charge in [0.15, 0.2) is 10.8 Å². The molecule has 5 nitrogen and oxygen atoms in total. The lowest BCUT2D eigenvalue weighted by atomic mass is 10.2. The summed E-state index contributed by atoms with van der Waals surface area (Å²) in [6.07, 6.45) is 0. The SMILES string of the molecule is O=C(Nc1nc(-c2ccccc2)cs1)c1cc(-c2cccs2)[nH]n1. The Hall–Kier alpha value is -2.77. The van der Waals surface area contributed by atoms with Gasteiger partial charge in [-0.2, -0.15) is 5.10 Å². The minimum absolute atomic E-state index is 0.275. The third kappa shape index (κ3) is 2.99. The topological polar surface area (TPSA) is 70.7 Å². The van der Waals surface area contributed by atoms with Crippen molar-refractivity contribution in [3.05, 3.63) is 65.0 Å². The van der Waals surface area contributed by atoms with Gasteiger partial charge in [-0.25, -0.2) is 4.98 Å². The maximum Gasteiger partial charge on any atom is 0.277 e. The average molecular weight is 352 g/mol. The first-order valence-electron chi connectivity index (χ1n) is 7.21. The highest BCUT2D eigenvalue weighted by molar-refractivity contribution is 7.14. The summed E-state index contributed by atoms with van der Waals surface area (Å²) < 4.78 is 0. The molecule has 7 heteroatoms. The Morgan fingerprint density at radius 3 is 2.75 bits per heavy atom. The van der Waals surface area contributed by atoms with Gasteiger partial charge in [0.25, 0.3) is 5.91 Å². The number of rotatable bonds is 4. The van der Waals surface area contributed by atoms with Crippen LogP contribution in [0.2, 0.25) is 0 Å². The van der Waals surface area contributed by atoms with Crippen LogP contribution >= 0.6 is 22.7 Å². The van der Waals surface area contributed by atoms with Crippen molar-refractivity contribution in [3.63, 3.8) is 0 Å². The summed E-state index contributed by atoms with van der Waals surface area (Å²) in [6, 6.07) is 15.5. The van der Waals surface area contributed by atoms with E-state index in [0.717, 1.165) is 21.8 Å². The molecule has 3 aromatic heterocycles. The number of hydrogen-bond donors (Lipinski definition) is 2. The van der Waals surface area contributed by atoms with E-state index in [-0.39, 0.29) is 5.91 Å². The van der Waals surface area contributed by atoms with Crippen molar-refractivity contribution in [2.45, 2.75) is 0 Å². The zero-order chi connectivity index (χ0) is 16.4. The number of amides is 1. The molecule has 1 aromatic carbocycles. The van der Waals surface area contributed by atoms with Gasteiger partial charge in [-0.15, -0.1) is 22.7 Å². The second-order valence-electron chi connectivity index (χ2n) is 5.00. The Morgan fingerprint density at radius 1 is 1.08 bits per heavy atom. The van der Waals surface area contributed by atoms with Crippen molar-refractivity contribution in [1.82, 2.24) is 15.2 Å². The molecule has 0 radical (unpaired) electrons. The smallest absolute Gasteiger partial charge is 0.277 e. The molecule has 4 aromatic rings. The molecule has 0 fully saturated rings. The van der Waals surface area contributed by atoms with Gasteiger partial charge in [-0.3, -0.25) is 15.2 Å². The van der Waals surface area contributed by atoms with Crippen molar-refractivity contribution in [2.24, 2.45) is 0 Å². The minimum atomic E-state index is -0.275. The molecule has 0 aliphatic carbocycles. The summed E-state index contributed by atoms with van der Waals surface area (Å²) >= 11 is 2.99. The van der Waals surface area contributed by atoms with Crippen LogP contribution in [0.15, 0.2) is 59.3 Å². The number of aromatic nitrogens is 3. The number of nitrogens with one attached hydrogen (secondary N) is 2. The molecule has 0 unspecified atom stereocenters. The van der Waals surface area contributed by atoms with Crippen molar-refractivity contribution >= 4 is 33.7 Å². The fraction of sp³-hybridized carbons (Fsp3) is 0. The molecule has 4 rings (SSSR count). The second-order valence-corrected chi connectivity index (χ2v) is 6.81. The molecular weight excluding hydrogens is 340 g/mol. The molecule has 0 bridgehead atoms. The van der Waals surface area contributed by atoms with Crippen molar-refractivity contribution in [1.29, 1.82) is 0 Å². The van der Waals surface area contributed by atoms with Gasteiger partial charge < -0.3 is 0 Å². The fourth-order valence-electron chi connectivity index (χ4n) is 2.23. The van der Waals surface area contributed by atoms with Crippen LogP contribution in [0.1, 0.15) is 10.5 Å². The van der Waals surface area contributed by atoms with Gasteiger partial charge in [-0.05, 0) is 17.5 Å². The molecule has 118 valence electrons. The van der Waals surface area contributed by atoms with Crippen LogP contribution < -0.4 is 5.32 Å². The van der Waals surface area contributed by atoms with E-state index in [1.165, 1.54) is 11.3 Å². The number of benzene rings is 1. The van der Waals surface area contributed by atoms with E-state index >= 15 is 0 Å². The molecule has 0 spiro atoms. The number of carbonyl (C=O) groups is 1. The van der Waals surface area contributed by atoms with Crippen molar-refractivity contribution in [3.8, 4) is 21.8 Å². The van der Waals surface area contributed by atoms with Gasteiger partial charge in [0.05, 0.1) is 16.3 Å². The van der Waals surface area contributed by atoms with Gasteiger partial charge in [0.1, 0.15) is 0 Å². The molecule has 24 heavy (non-hydrogen) atoms. The summed E-state index contributed by atoms with van der Waals surface area (Å²) in [5, 5.41) is 14.2. The lowest BCUT2D eigenvalue weighted by molar-refractivity contribution is 0.102. The Bertz CT molecular complexity index is 958. The first-order valence-corrected chi connectivity index (χ1v) is 8.97.